The van der Waals surface area contributed by atoms with E-state index in [2.05, 4.69) is 48.4 Å². The van der Waals surface area contributed by atoms with Crippen LogP contribution in [0.15, 0.2) is 66.6 Å². The van der Waals surface area contributed by atoms with E-state index in [1.54, 1.807) is 30.4 Å². The number of thiazole rings is 1. The minimum absolute atomic E-state index is 0.245. The van der Waals surface area contributed by atoms with Gasteiger partial charge >= 0.3 is 0 Å². The molecule has 2 heterocycles. The van der Waals surface area contributed by atoms with Crippen LogP contribution in [0.3, 0.4) is 0 Å². The van der Waals surface area contributed by atoms with Crippen molar-refractivity contribution in [2.75, 3.05) is 5.32 Å². The molecule has 2 aromatic carbocycles. The second-order valence-corrected chi connectivity index (χ2v) is 8.91. The molecule has 0 aliphatic carbocycles. The minimum atomic E-state index is -0.245. The van der Waals surface area contributed by atoms with E-state index in [1.165, 1.54) is 28.7 Å². The van der Waals surface area contributed by atoms with Crippen LogP contribution in [0.25, 0.3) is 6.08 Å². The number of hydrogen-bond acceptors (Lipinski definition) is 4. The normalized spacial score (nSPS) is 12.7. The van der Waals surface area contributed by atoms with Gasteiger partial charge in [-0.15, -0.1) is 11.3 Å². The summed E-state index contributed by atoms with van der Waals surface area (Å²) in [6.45, 7) is 4.37. The lowest BCUT2D eigenvalue weighted by atomic mass is 10.0. The standard InChI is InChI=1S/C24H21ClN2O2S/c1-15(2)17-5-3-16(4-6-17)11-21-14-26-24(30-21)27-23(28)18-9-10-29-22-8-7-20(25)13-19(22)12-18/h3-10,12-15H,11H2,1-2H3,(H,26,27,28). The highest BCUT2D eigenvalue weighted by atomic mass is 35.5. The molecule has 152 valence electrons. The Morgan fingerprint density at radius 2 is 2.00 bits per heavy atom. The summed E-state index contributed by atoms with van der Waals surface area (Å²) in [7, 11) is 0. The van der Waals surface area contributed by atoms with Crippen molar-refractivity contribution in [2.45, 2.75) is 26.2 Å². The van der Waals surface area contributed by atoms with Crippen LogP contribution in [-0.4, -0.2) is 10.9 Å². The van der Waals surface area contributed by atoms with Crippen molar-refractivity contribution in [3.63, 3.8) is 0 Å². The molecule has 0 bridgehead atoms. The Bertz CT molecular complexity index is 1130. The summed E-state index contributed by atoms with van der Waals surface area (Å²) in [4.78, 5) is 18.2. The predicted octanol–water partition coefficient (Wildman–Crippen LogP) is 6.44. The summed E-state index contributed by atoms with van der Waals surface area (Å²) in [5.74, 6) is 0.924. The number of benzene rings is 2. The Morgan fingerprint density at radius 3 is 2.77 bits per heavy atom. The molecule has 4 rings (SSSR count). The van der Waals surface area contributed by atoms with Gasteiger partial charge in [0.05, 0.1) is 6.26 Å². The molecule has 0 saturated carbocycles. The number of nitrogens with zero attached hydrogens (tertiary/aromatic N) is 1. The largest absolute Gasteiger partial charge is 0.464 e. The molecule has 0 atom stereocenters. The average molecular weight is 437 g/mol. The quantitative estimate of drug-likeness (QED) is 0.500. The van der Waals surface area contributed by atoms with Gasteiger partial charge in [-0.3, -0.25) is 10.1 Å². The van der Waals surface area contributed by atoms with E-state index in [0.717, 1.165) is 16.9 Å². The number of halogens is 1. The number of rotatable bonds is 5. The Labute approximate surface area is 184 Å². The van der Waals surface area contributed by atoms with E-state index in [0.29, 0.717) is 27.4 Å². The highest BCUT2D eigenvalue weighted by Gasteiger charge is 2.14. The number of carbonyl (C=O) groups excluding carboxylic acids is 1. The Hall–Kier alpha value is -2.89. The number of anilines is 1. The number of hydrogen-bond donors (Lipinski definition) is 1. The van der Waals surface area contributed by atoms with Gasteiger partial charge in [-0.1, -0.05) is 49.7 Å². The fourth-order valence-electron chi connectivity index (χ4n) is 3.11. The summed E-state index contributed by atoms with van der Waals surface area (Å²) < 4.78 is 5.54. The lowest BCUT2D eigenvalue weighted by molar-refractivity contribution is -0.112. The fourth-order valence-corrected chi connectivity index (χ4v) is 4.14. The van der Waals surface area contributed by atoms with Gasteiger partial charge in [0.2, 0.25) is 0 Å². The molecule has 1 N–H and O–H groups in total. The predicted molar refractivity (Wildman–Crippen MR) is 123 cm³/mol. The van der Waals surface area contributed by atoms with E-state index >= 15 is 0 Å². The van der Waals surface area contributed by atoms with Gasteiger partial charge < -0.3 is 4.74 Å². The summed E-state index contributed by atoms with van der Waals surface area (Å²) in [6, 6.07) is 13.9. The van der Waals surface area contributed by atoms with Crippen molar-refractivity contribution in [3.8, 4) is 5.75 Å². The summed E-state index contributed by atoms with van der Waals surface area (Å²) >= 11 is 7.54. The number of ether oxygens (including phenoxy) is 1. The molecule has 1 aliphatic rings. The summed E-state index contributed by atoms with van der Waals surface area (Å²) in [5, 5.41) is 4.03. The first kappa shape index (κ1) is 20.4. The van der Waals surface area contributed by atoms with Crippen LogP contribution in [0, 0.1) is 0 Å². The molecule has 0 radical (unpaired) electrons. The maximum atomic E-state index is 12.7. The second kappa shape index (κ2) is 8.86. The zero-order valence-electron chi connectivity index (χ0n) is 16.7. The molecule has 30 heavy (non-hydrogen) atoms. The van der Waals surface area contributed by atoms with Crippen molar-refractivity contribution >= 4 is 40.1 Å². The van der Waals surface area contributed by atoms with Crippen molar-refractivity contribution in [1.29, 1.82) is 0 Å². The van der Waals surface area contributed by atoms with Gasteiger partial charge in [-0.25, -0.2) is 4.98 Å². The number of carbonyl (C=O) groups is 1. The third-order valence-corrected chi connectivity index (χ3v) is 5.93. The molecule has 0 spiro atoms. The van der Waals surface area contributed by atoms with E-state index in [4.69, 9.17) is 16.3 Å². The van der Waals surface area contributed by atoms with Gasteiger partial charge in [-0.2, -0.15) is 0 Å². The van der Waals surface area contributed by atoms with Crippen LogP contribution in [0.5, 0.6) is 5.75 Å². The van der Waals surface area contributed by atoms with Gasteiger partial charge in [0.15, 0.2) is 5.13 Å². The van der Waals surface area contributed by atoms with Crippen LogP contribution < -0.4 is 10.1 Å². The van der Waals surface area contributed by atoms with Gasteiger partial charge in [0.25, 0.3) is 5.91 Å². The van der Waals surface area contributed by atoms with E-state index in [-0.39, 0.29) is 5.91 Å². The lowest BCUT2D eigenvalue weighted by Crippen LogP contribution is -2.12. The lowest BCUT2D eigenvalue weighted by Gasteiger charge is -2.06. The van der Waals surface area contributed by atoms with Gasteiger partial charge in [-0.05, 0) is 47.4 Å². The van der Waals surface area contributed by atoms with Crippen molar-refractivity contribution in [3.05, 3.63) is 93.2 Å². The third kappa shape index (κ3) is 4.81. The minimum Gasteiger partial charge on any atom is -0.464 e. The average Bonchev–Trinajstić information content (AvgIpc) is 3.04. The first-order valence-corrected chi connectivity index (χ1v) is 10.9. The molecule has 3 aromatic rings. The summed E-state index contributed by atoms with van der Waals surface area (Å²) in [6.07, 6.45) is 7.48. The highest BCUT2D eigenvalue weighted by molar-refractivity contribution is 7.15. The molecule has 0 fully saturated rings. The maximum absolute atomic E-state index is 12.7. The van der Waals surface area contributed by atoms with Gasteiger partial charge in [0.1, 0.15) is 5.75 Å². The van der Waals surface area contributed by atoms with Crippen molar-refractivity contribution < 1.29 is 9.53 Å². The molecule has 1 amide bonds. The SMILES string of the molecule is CC(C)c1ccc(Cc2cnc(NC(=O)C3=Cc4cc(Cl)ccc4OC=C3)s2)cc1. The Balaban J connectivity index is 1.45. The number of aromatic nitrogens is 1. The Kier molecular flexibility index (Phi) is 6.02. The molecule has 1 aliphatic heterocycles. The molecule has 6 heteroatoms. The molecule has 4 nitrogen and oxygen atoms in total. The smallest absolute Gasteiger partial charge is 0.257 e. The topological polar surface area (TPSA) is 51.2 Å². The van der Waals surface area contributed by atoms with Crippen LogP contribution in [0.2, 0.25) is 5.02 Å². The first-order valence-electron chi connectivity index (χ1n) is 9.67. The maximum Gasteiger partial charge on any atom is 0.257 e. The zero-order chi connectivity index (χ0) is 21.1. The van der Waals surface area contributed by atoms with Crippen LogP contribution >= 0.6 is 22.9 Å². The van der Waals surface area contributed by atoms with Crippen LogP contribution in [0.1, 0.15) is 41.3 Å². The first-order chi connectivity index (χ1) is 14.5. The van der Waals surface area contributed by atoms with E-state index in [1.807, 2.05) is 6.20 Å². The van der Waals surface area contributed by atoms with E-state index < -0.39 is 0 Å². The summed E-state index contributed by atoms with van der Waals surface area (Å²) in [5.41, 5.74) is 3.77. The molecule has 0 saturated heterocycles. The third-order valence-electron chi connectivity index (χ3n) is 4.79. The zero-order valence-corrected chi connectivity index (χ0v) is 18.3. The Morgan fingerprint density at radius 1 is 1.20 bits per heavy atom. The van der Waals surface area contributed by atoms with Crippen LogP contribution in [-0.2, 0) is 11.2 Å². The van der Waals surface area contributed by atoms with Crippen LogP contribution in [0.4, 0.5) is 5.13 Å². The van der Waals surface area contributed by atoms with Crippen molar-refractivity contribution in [2.24, 2.45) is 0 Å². The van der Waals surface area contributed by atoms with Crippen molar-refractivity contribution in [1.82, 2.24) is 4.98 Å². The monoisotopic (exact) mass is 436 g/mol. The number of fused-ring (bicyclic) bond motifs is 1. The molecular formula is C24H21ClN2O2S. The van der Waals surface area contributed by atoms with E-state index in [9.17, 15) is 4.79 Å². The number of nitrogens with one attached hydrogen (secondary N) is 1. The van der Waals surface area contributed by atoms with Gasteiger partial charge in [0, 0.05) is 33.7 Å². The fraction of sp³-hybridized carbons (Fsp3) is 0.167. The molecule has 0 unspecified atom stereocenters. The second-order valence-electron chi connectivity index (χ2n) is 7.36. The highest BCUT2D eigenvalue weighted by Crippen LogP contribution is 2.29. The molecular weight excluding hydrogens is 416 g/mol. The number of amides is 1. The molecule has 1 aromatic heterocycles.